The fourth-order valence-corrected chi connectivity index (χ4v) is 2.81. The molecule has 0 aliphatic rings. The molecule has 0 fully saturated rings. The number of ketones is 1. The predicted octanol–water partition coefficient (Wildman–Crippen LogP) is 3.96. The van der Waals surface area contributed by atoms with Crippen molar-refractivity contribution in [2.24, 2.45) is 0 Å². The summed E-state index contributed by atoms with van der Waals surface area (Å²) >= 11 is 0. The maximum Gasteiger partial charge on any atom is 0.189 e. The van der Waals surface area contributed by atoms with Crippen LogP contribution < -0.4 is 0 Å². The molecule has 2 heterocycles. The van der Waals surface area contributed by atoms with Crippen LogP contribution in [0.4, 0.5) is 0 Å². The largest absolute Gasteiger partial charge is 0.289 e. The Labute approximate surface area is 135 Å². The molecule has 4 nitrogen and oxygen atoms in total. The van der Waals surface area contributed by atoms with Crippen molar-refractivity contribution in [3.8, 4) is 0 Å². The first-order chi connectivity index (χ1) is 11.1. The molecule has 1 aromatic carbocycles. The number of carbonyl (C=O) groups is 1. The molecule has 3 aromatic rings. The minimum atomic E-state index is -0.00835. The minimum absolute atomic E-state index is 0.00835. The molecule has 0 atom stereocenters. The van der Waals surface area contributed by atoms with E-state index in [9.17, 15) is 4.79 Å². The van der Waals surface area contributed by atoms with Gasteiger partial charge >= 0.3 is 0 Å². The van der Waals surface area contributed by atoms with Crippen molar-refractivity contribution in [3.63, 3.8) is 0 Å². The Bertz CT molecular complexity index is 906. The van der Waals surface area contributed by atoms with Gasteiger partial charge in [0.05, 0.1) is 16.8 Å². The number of pyridine rings is 1. The summed E-state index contributed by atoms with van der Waals surface area (Å²) in [5.41, 5.74) is 4.33. The van der Waals surface area contributed by atoms with Crippen molar-refractivity contribution in [2.45, 2.75) is 27.3 Å². The molecule has 0 radical (unpaired) electrons. The SMILES string of the molecule is CCn1nc(C)c(C(=O)C=Cc2ccc3ncccc3c2)c1C. The molecule has 116 valence electrons. The van der Waals surface area contributed by atoms with Crippen LogP contribution in [0, 0.1) is 13.8 Å². The monoisotopic (exact) mass is 305 g/mol. The van der Waals surface area contributed by atoms with E-state index in [2.05, 4.69) is 10.1 Å². The number of fused-ring (bicyclic) bond motifs is 1. The van der Waals surface area contributed by atoms with Crippen molar-refractivity contribution in [1.29, 1.82) is 0 Å². The van der Waals surface area contributed by atoms with Gasteiger partial charge in [-0.15, -0.1) is 0 Å². The Morgan fingerprint density at radius 3 is 2.83 bits per heavy atom. The van der Waals surface area contributed by atoms with E-state index in [1.54, 1.807) is 12.3 Å². The molecule has 0 aliphatic heterocycles. The zero-order valence-corrected chi connectivity index (χ0v) is 13.6. The average molecular weight is 305 g/mol. The number of rotatable bonds is 4. The van der Waals surface area contributed by atoms with Crippen LogP contribution in [0.5, 0.6) is 0 Å². The fraction of sp³-hybridized carbons (Fsp3) is 0.211. The van der Waals surface area contributed by atoms with E-state index in [4.69, 9.17) is 0 Å². The van der Waals surface area contributed by atoms with Crippen molar-refractivity contribution in [2.75, 3.05) is 0 Å². The highest BCUT2D eigenvalue weighted by atomic mass is 16.1. The van der Waals surface area contributed by atoms with E-state index in [0.717, 1.165) is 34.4 Å². The lowest BCUT2D eigenvalue weighted by atomic mass is 10.1. The van der Waals surface area contributed by atoms with Crippen molar-refractivity contribution >= 4 is 22.8 Å². The molecule has 0 unspecified atom stereocenters. The maximum absolute atomic E-state index is 12.5. The molecule has 0 amide bonds. The smallest absolute Gasteiger partial charge is 0.189 e. The standard InChI is InChI=1S/C19H19N3O/c1-4-22-14(3)19(13(2)21-22)18(23)10-8-15-7-9-17-16(12-15)6-5-11-20-17/h5-12H,4H2,1-3H3. The number of hydrogen-bond acceptors (Lipinski definition) is 3. The number of nitrogens with zero attached hydrogens (tertiary/aromatic N) is 3. The number of hydrogen-bond donors (Lipinski definition) is 0. The first kappa shape index (κ1) is 15.2. The Kier molecular flexibility index (Phi) is 4.06. The highest BCUT2D eigenvalue weighted by molar-refractivity contribution is 6.08. The van der Waals surface area contributed by atoms with Crippen LogP contribution >= 0.6 is 0 Å². The first-order valence-corrected chi connectivity index (χ1v) is 7.71. The Morgan fingerprint density at radius 1 is 1.26 bits per heavy atom. The van der Waals surface area contributed by atoms with Crippen LogP contribution in [0.2, 0.25) is 0 Å². The summed E-state index contributed by atoms with van der Waals surface area (Å²) in [5, 5.41) is 5.46. The summed E-state index contributed by atoms with van der Waals surface area (Å²) in [6, 6.07) is 9.88. The van der Waals surface area contributed by atoms with Crippen molar-refractivity contribution < 1.29 is 4.79 Å². The van der Waals surface area contributed by atoms with E-state index in [1.165, 1.54) is 0 Å². The number of aryl methyl sites for hydroxylation is 2. The van der Waals surface area contributed by atoms with E-state index >= 15 is 0 Å². The van der Waals surface area contributed by atoms with E-state index in [0.29, 0.717) is 5.56 Å². The molecular weight excluding hydrogens is 286 g/mol. The van der Waals surface area contributed by atoms with Gasteiger partial charge in [0.25, 0.3) is 0 Å². The van der Waals surface area contributed by atoms with Crippen LogP contribution in [-0.2, 0) is 6.54 Å². The molecule has 4 heteroatoms. The number of carbonyl (C=O) groups excluding carboxylic acids is 1. The van der Waals surface area contributed by atoms with Gasteiger partial charge in [-0.25, -0.2) is 0 Å². The van der Waals surface area contributed by atoms with Gasteiger partial charge in [-0.3, -0.25) is 14.5 Å². The molecule has 0 saturated carbocycles. The third-order valence-corrected chi connectivity index (χ3v) is 3.98. The van der Waals surface area contributed by atoms with Crippen LogP contribution in [0.25, 0.3) is 17.0 Å². The lowest BCUT2D eigenvalue weighted by Gasteiger charge is -2.00. The van der Waals surface area contributed by atoms with E-state index < -0.39 is 0 Å². The minimum Gasteiger partial charge on any atom is -0.289 e. The molecule has 0 spiro atoms. The van der Waals surface area contributed by atoms with Crippen LogP contribution in [0.1, 0.15) is 34.2 Å². The molecule has 0 bridgehead atoms. The van der Waals surface area contributed by atoms with Crippen molar-refractivity contribution in [1.82, 2.24) is 14.8 Å². The summed E-state index contributed by atoms with van der Waals surface area (Å²) in [7, 11) is 0. The summed E-state index contributed by atoms with van der Waals surface area (Å²) in [5.74, 6) is -0.00835. The summed E-state index contributed by atoms with van der Waals surface area (Å²) in [4.78, 5) is 16.8. The van der Waals surface area contributed by atoms with Crippen LogP contribution in [0.3, 0.4) is 0 Å². The molecule has 3 rings (SSSR count). The van der Waals surface area contributed by atoms with Gasteiger partial charge in [0.2, 0.25) is 0 Å². The normalized spacial score (nSPS) is 11.4. The second-order valence-electron chi connectivity index (χ2n) is 5.51. The zero-order chi connectivity index (χ0) is 16.4. The lowest BCUT2D eigenvalue weighted by molar-refractivity contribution is 0.104. The van der Waals surface area contributed by atoms with E-state index in [1.807, 2.05) is 61.9 Å². The quantitative estimate of drug-likeness (QED) is 0.541. The molecule has 0 saturated heterocycles. The van der Waals surface area contributed by atoms with Gasteiger partial charge in [0.15, 0.2) is 5.78 Å². The Hall–Kier alpha value is -2.75. The van der Waals surface area contributed by atoms with Gasteiger partial charge in [0.1, 0.15) is 0 Å². The highest BCUT2D eigenvalue weighted by Crippen LogP contribution is 2.17. The second kappa shape index (κ2) is 6.16. The lowest BCUT2D eigenvalue weighted by Crippen LogP contribution is -2.01. The van der Waals surface area contributed by atoms with Crippen LogP contribution in [0.15, 0.2) is 42.6 Å². The third kappa shape index (κ3) is 2.93. The molecule has 0 N–H and O–H groups in total. The fourth-order valence-electron chi connectivity index (χ4n) is 2.81. The summed E-state index contributed by atoms with van der Waals surface area (Å²) < 4.78 is 1.86. The maximum atomic E-state index is 12.5. The molecule has 2 aromatic heterocycles. The topological polar surface area (TPSA) is 47.8 Å². The molecular formula is C19H19N3O. The third-order valence-electron chi connectivity index (χ3n) is 3.98. The van der Waals surface area contributed by atoms with Gasteiger partial charge in [-0.2, -0.15) is 5.10 Å². The Balaban J connectivity index is 1.89. The van der Waals surface area contributed by atoms with Gasteiger partial charge in [-0.1, -0.05) is 18.2 Å². The molecule has 23 heavy (non-hydrogen) atoms. The first-order valence-electron chi connectivity index (χ1n) is 7.71. The van der Waals surface area contributed by atoms with Gasteiger partial charge < -0.3 is 0 Å². The summed E-state index contributed by atoms with van der Waals surface area (Å²) in [6.07, 6.45) is 5.24. The predicted molar refractivity (Wildman–Crippen MR) is 92.5 cm³/mol. The zero-order valence-electron chi connectivity index (χ0n) is 13.6. The van der Waals surface area contributed by atoms with Crippen molar-refractivity contribution in [3.05, 3.63) is 65.1 Å². The Morgan fingerprint density at radius 2 is 2.09 bits per heavy atom. The second-order valence-corrected chi connectivity index (χ2v) is 5.51. The summed E-state index contributed by atoms with van der Waals surface area (Å²) in [6.45, 7) is 6.60. The molecule has 0 aliphatic carbocycles. The van der Waals surface area contributed by atoms with Crippen LogP contribution in [-0.4, -0.2) is 20.5 Å². The average Bonchev–Trinajstić information content (AvgIpc) is 2.86. The van der Waals surface area contributed by atoms with Gasteiger partial charge in [-0.05, 0) is 50.6 Å². The van der Waals surface area contributed by atoms with Gasteiger partial charge in [0, 0.05) is 23.8 Å². The number of benzene rings is 1. The number of allylic oxidation sites excluding steroid dienone is 1. The highest BCUT2D eigenvalue weighted by Gasteiger charge is 2.15. The number of aromatic nitrogens is 3. The van der Waals surface area contributed by atoms with E-state index in [-0.39, 0.29) is 5.78 Å².